The number of likely N-dealkylation sites (tertiary alicyclic amines) is 1. The number of rotatable bonds is 4. The summed E-state index contributed by atoms with van der Waals surface area (Å²) in [5, 5.41) is -0.943. The average Bonchev–Trinajstić information content (AvgIpc) is 2.87. The van der Waals surface area contributed by atoms with Crippen LogP contribution in [0.2, 0.25) is 0 Å². The van der Waals surface area contributed by atoms with Gasteiger partial charge in [-0.3, -0.25) is 4.21 Å². The lowest BCUT2D eigenvalue weighted by molar-refractivity contribution is -0.00251. The Balaban J connectivity index is 2.04. The van der Waals surface area contributed by atoms with Crippen molar-refractivity contribution in [2.45, 2.75) is 31.6 Å². The lowest BCUT2D eigenvalue weighted by atomic mass is 9.95. The molecule has 0 spiro atoms. The highest BCUT2D eigenvalue weighted by atomic mass is 32.2. The van der Waals surface area contributed by atoms with Crippen LogP contribution in [-0.4, -0.2) is 51.5 Å². The predicted octanol–water partition coefficient (Wildman–Crippen LogP) is 1.85. The molecule has 0 saturated carbocycles. The Labute approximate surface area is 142 Å². The van der Waals surface area contributed by atoms with Gasteiger partial charge in [-0.1, -0.05) is 0 Å². The molecule has 2 rings (SSSR count). The summed E-state index contributed by atoms with van der Waals surface area (Å²) < 4.78 is 38.2. The Morgan fingerprint density at radius 1 is 1.38 bits per heavy atom. The van der Waals surface area contributed by atoms with Crippen LogP contribution in [0, 0.1) is 5.92 Å². The fourth-order valence-corrected chi connectivity index (χ4v) is 3.18. The molecule has 9 heteroatoms. The highest BCUT2D eigenvalue weighted by Crippen LogP contribution is 2.35. The molecular weight excluding hydrogens is 338 g/mol. The number of hydrogen-bond acceptors (Lipinski definition) is 7. The van der Waals surface area contributed by atoms with Crippen molar-refractivity contribution in [3.8, 4) is 0 Å². The molecule has 24 heavy (non-hydrogen) atoms. The van der Waals surface area contributed by atoms with Crippen LogP contribution in [0.25, 0.3) is 0 Å². The van der Waals surface area contributed by atoms with Gasteiger partial charge in [0.2, 0.25) is 5.76 Å². The van der Waals surface area contributed by atoms with Crippen molar-refractivity contribution in [3.63, 3.8) is 0 Å². The van der Waals surface area contributed by atoms with Crippen molar-refractivity contribution in [3.05, 3.63) is 23.7 Å². The third-order valence-corrected chi connectivity index (χ3v) is 4.52. The van der Waals surface area contributed by atoms with Crippen LogP contribution >= 0.6 is 0 Å². The molecule has 2 atom stereocenters. The van der Waals surface area contributed by atoms with Gasteiger partial charge in [-0.05, 0) is 44.0 Å². The summed E-state index contributed by atoms with van der Waals surface area (Å²) in [4.78, 5) is 24.8. The first kappa shape index (κ1) is 18.5. The quantitative estimate of drug-likeness (QED) is 0.597. The zero-order valence-corrected chi connectivity index (χ0v) is 14.8. The van der Waals surface area contributed by atoms with E-state index in [2.05, 4.69) is 4.74 Å². The zero-order chi connectivity index (χ0) is 18.1. The third kappa shape index (κ3) is 4.15. The number of esters is 1. The second-order valence-corrected chi connectivity index (χ2v) is 7.55. The van der Waals surface area contributed by atoms with E-state index < -0.39 is 34.0 Å². The number of methoxy groups -OCH3 is 1. The summed E-state index contributed by atoms with van der Waals surface area (Å²) in [6.45, 7) is 5.75. The van der Waals surface area contributed by atoms with Crippen LogP contribution in [-0.2, 0) is 20.6 Å². The standard InChI is InChI=1S/C15H21NO7S/c1-15(2,3)23-14(18)16-7-9(8-16)12(24(19)20)10-5-6-11(22-10)13(17)21-4/h5-6,9,12H,7-8H2,1-4H3,(H,19,20)/p-1. The van der Waals surface area contributed by atoms with Crippen LogP contribution in [0.15, 0.2) is 16.5 Å². The van der Waals surface area contributed by atoms with E-state index in [1.807, 2.05) is 0 Å². The summed E-state index contributed by atoms with van der Waals surface area (Å²) in [7, 11) is 1.21. The van der Waals surface area contributed by atoms with Gasteiger partial charge in [0.15, 0.2) is 0 Å². The average molecular weight is 358 g/mol. The van der Waals surface area contributed by atoms with Gasteiger partial charge in [0, 0.05) is 19.0 Å². The van der Waals surface area contributed by atoms with E-state index in [-0.39, 0.29) is 30.5 Å². The highest BCUT2D eigenvalue weighted by Gasteiger charge is 2.40. The summed E-state index contributed by atoms with van der Waals surface area (Å²) >= 11 is -2.46. The van der Waals surface area contributed by atoms with E-state index in [4.69, 9.17) is 9.15 Å². The van der Waals surface area contributed by atoms with E-state index >= 15 is 0 Å². The van der Waals surface area contributed by atoms with E-state index in [0.29, 0.717) is 0 Å². The first-order valence-corrected chi connectivity index (χ1v) is 8.50. The van der Waals surface area contributed by atoms with E-state index in [1.54, 1.807) is 20.8 Å². The van der Waals surface area contributed by atoms with Gasteiger partial charge >= 0.3 is 12.1 Å². The second kappa shape index (κ2) is 6.94. The summed E-state index contributed by atoms with van der Waals surface area (Å²) in [6.07, 6.45) is -0.483. The molecule has 1 amide bonds. The number of amides is 1. The molecular formula is C15H20NO7S-. The molecule has 2 heterocycles. The molecule has 1 aliphatic rings. The number of carbonyl (C=O) groups excluding carboxylic acids is 2. The Morgan fingerprint density at radius 3 is 2.50 bits per heavy atom. The van der Waals surface area contributed by atoms with Crippen molar-refractivity contribution in [2.24, 2.45) is 5.92 Å². The Kier molecular flexibility index (Phi) is 5.34. The molecule has 0 bridgehead atoms. The molecule has 1 saturated heterocycles. The number of carbonyl (C=O) groups is 2. The highest BCUT2D eigenvalue weighted by molar-refractivity contribution is 7.79. The summed E-state index contributed by atoms with van der Waals surface area (Å²) in [6, 6.07) is 2.80. The van der Waals surface area contributed by atoms with Gasteiger partial charge < -0.3 is 23.3 Å². The van der Waals surface area contributed by atoms with Crippen LogP contribution in [0.1, 0.15) is 42.3 Å². The minimum Gasteiger partial charge on any atom is -0.772 e. The van der Waals surface area contributed by atoms with Gasteiger partial charge in [0.25, 0.3) is 0 Å². The third-order valence-electron chi connectivity index (χ3n) is 3.49. The topological polar surface area (TPSA) is 109 Å². The van der Waals surface area contributed by atoms with E-state index in [0.717, 1.165) is 0 Å². The van der Waals surface area contributed by atoms with Crippen molar-refractivity contribution in [1.29, 1.82) is 0 Å². The maximum absolute atomic E-state index is 11.9. The molecule has 0 N–H and O–H groups in total. The second-order valence-electron chi connectivity index (χ2n) is 6.52. The first-order valence-electron chi connectivity index (χ1n) is 7.36. The van der Waals surface area contributed by atoms with Crippen LogP contribution < -0.4 is 0 Å². The lowest BCUT2D eigenvalue weighted by Crippen LogP contribution is -2.53. The van der Waals surface area contributed by atoms with Crippen molar-refractivity contribution < 1.29 is 32.2 Å². The molecule has 1 fully saturated rings. The number of nitrogens with zero attached hydrogens (tertiary/aromatic N) is 1. The van der Waals surface area contributed by atoms with Gasteiger partial charge in [0.1, 0.15) is 11.4 Å². The molecule has 0 radical (unpaired) electrons. The Hall–Kier alpha value is -1.87. The molecule has 1 aromatic rings. The smallest absolute Gasteiger partial charge is 0.410 e. The largest absolute Gasteiger partial charge is 0.772 e. The normalized spacial score (nSPS) is 17.8. The van der Waals surface area contributed by atoms with Crippen molar-refractivity contribution in [2.75, 3.05) is 20.2 Å². The fourth-order valence-electron chi connectivity index (χ4n) is 2.38. The maximum atomic E-state index is 11.9. The predicted molar refractivity (Wildman–Crippen MR) is 83.0 cm³/mol. The van der Waals surface area contributed by atoms with Gasteiger partial charge in [-0.15, -0.1) is 0 Å². The SMILES string of the molecule is COC(=O)c1ccc(C(C2CN(C(=O)OC(C)(C)C)C2)S(=O)[O-])o1. The van der Waals surface area contributed by atoms with Gasteiger partial charge in [-0.2, -0.15) is 0 Å². The monoisotopic (exact) mass is 358 g/mol. The number of furan rings is 1. The Morgan fingerprint density at radius 2 is 2.00 bits per heavy atom. The van der Waals surface area contributed by atoms with Crippen LogP contribution in [0.3, 0.4) is 0 Å². The molecule has 1 aromatic heterocycles. The van der Waals surface area contributed by atoms with Crippen molar-refractivity contribution >= 4 is 23.1 Å². The minimum absolute atomic E-state index is 0.0636. The summed E-state index contributed by atoms with van der Waals surface area (Å²) in [5.74, 6) is -0.919. The molecule has 8 nitrogen and oxygen atoms in total. The summed E-state index contributed by atoms with van der Waals surface area (Å²) in [5.41, 5.74) is -0.612. The maximum Gasteiger partial charge on any atom is 0.410 e. The minimum atomic E-state index is -2.46. The van der Waals surface area contributed by atoms with Crippen molar-refractivity contribution in [1.82, 2.24) is 4.90 Å². The molecule has 2 unspecified atom stereocenters. The van der Waals surface area contributed by atoms with E-state index in [1.165, 1.54) is 24.1 Å². The first-order chi connectivity index (χ1) is 11.1. The van der Waals surface area contributed by atoms with Crippen LogP contribution in [0.5, 0.6) is 0 Å². The van der Waals surface area contributed by atoms with Gasteiger partial charge in [0.05, 0.1) is 12.4 Å². The van der Waals surface area contributed by atoms with Crippen LogP contribution in [0.4, 0.5) is 4.79 Å². The molecule has 134 valence electrons. The number of ether oxygens (including phenoxy) is 2. The van der Waals surface area contributed by atoms with E-state index in [9.17, 15) is 18.4 Å². The van der Waals surface area contributed by atoms with Gasteiger partial charge in [-0.25, -0.2) is 9.59 Å². The zero-order valence-electron chi connectivity index (χ0n) is 13.9. The molecule has 0 aliphatic carbocycles. The number of hydrogen-bond donors (Lipinski definition) is 0. The fraction of sp³-hybridized carbons (Fsp3) is 0.600. The molecule has 1 aliphatic heterocycles. The Bertz CT molecular complexity index is 642. The lowest BCUT2D eigenvalue weighted by Gasteiger charge is -2.43. The molecule has 0 aromatic carbocycles.